The van der Waals surface area contributed by atoms with E-state index in [0.717, 1.165) is 11.3 Å². The highest BCUT2D eigenvalue weighted by molar-refractivity contribution is 6.14. The highest BCUT2D eigenvalue weighted by Crippen LogP contribution is 2.21. The minimum Gasteiger partial charge on any atom is -0.272 e. The van der Waals surface area contributed by atoms with Gasteiger partial charge in [-0.05, 0) is 38.5 Å². The van der Waals surface area contributed by atoms with Crippen LogP contribution in [0.3, 0.4) is 0 Å². The molecule has 0 N–H and O–H groups in total. The zero-order chi connectivity index (χ0) is 11.0. The van der Waals surface area contributed by atoms with Crippen LogP contribution in [-0.2, 0) is 4.79 Å². The molecule has 2 rings (SSSR count). The van der Waals surface area contributed by atoms with Crippen LogP contribution in [0.15, 0.2) is 23.4 Å². The SMILES string of the molecule is CC1=NN(c2cc(C)ccn2)C(=O)C1C. The first-order valence-corrected chi connectivity index (χ1v) is 4.91. The van der Waals surface area contributed by atoms with Crippen molar-refractivity contribution < 1.29 is 4.79 Å². The quantitative estimate of drug-likeness (QED) is 0.698. The van der Waals surface area contributed by atoms with E-state index in [9.17, 15) is 4.79 Å². The molecule has 2 heterocycles. The first-order valence-electron chi connectivity index (χ1n) is 4.91. The van der Waals surface area contributed by atoms with Gasteiger partial charge in [0.1, 0.15) is 0 Å². The number of anilines is 1. The van der Waals surface area contributed by atoms with E-state index in [1.54, 1.807) is 6.20 Å². The summed E-state index contributed by atoms with van der Waals surface area (Å²) in [5, 5.41) is 5.58. The minimum atomic E-state index is -0.132. The molecule has 0 aromatic carbocycles. The second kappa shape index (κ2) is 3.46. The fraction of sp³-hybridized carbons (Fsp3) is 0.364. The van der Waals surface area contributed by atoms with E-state index >= 15 is 0 Å². The third kappa shape index (κ3) is 1.63. The summed E-state index contributed by atoms with van der Waals surface area (Å²) in [5.41, 5.74) is 1.91. The van der Waals surface area contributed by atoms with Gasteiger partial charge in [0.05, 0.1) is 5.92 Å². The molecule has 15 heavy (non-hydrogen) atoms. The molecule has 4 heteroatoms. The number of hydrogen-bond acceptors (Lipinski definition) is 3. The van der Waals surface area contributed by atoms with Crippen LogP contribution in [0.4, 0.5) is 5.82 Å². The number of aromatic nitrogens is 1. The Kier molecular flexibility index (Phi) is 2.26. The number of rotatable bonds is 1. The van der Waals surface area contributed by atoms with Crippen LogP contribution in [0.1, 0.15) is 19.4 Å². The van der Waals surface area contributed by atoms with Crippen LogP contribution in [-0.4, -0.2) is 16.6 Å². The predicted octanol–water partition coefficient (Wildman–Crippen LogP) is 1.75. The number of nitrogens with zero attached hydrogens (tertiary/aromatic N) is 3. The van der Waals surface area contributed by atoms with Crippen molar-refractivity contribution in [2.24, 2.45) is 11.0 Å². The van der Waals surface area contributed by atoms with Gasteiger partial charge in [0.15, 0.2) is 5.82 Å². The van der Waals surface area contributed by atoms with Gasteiger partial charge >= 0.3 is 0 Å². The van der Waals surface area contributed by atoms with Gasteiger partial charge in [-0.3, -0.25) is 4.79 Å². The summed E-state index contributed by atoms with van der Waals surface area (Å²) in [6, 6.07) is 3.75. The molecule has 1 aliphatic rings. The zero-order valence-electron chi connectivity index (χ0n) is 9.06. The van der Waals surface area contributed by atoms with E-state index in [-0.39, 0.29) is 11.8 Å². The van der Waals surface area contributed by atoms with Crippen molar-refractivity contribution in [3.8, 4) is 0 Å². The van der Waals surface area contributed by atoms with E-state index in [2.05, 4.69) is 10.1 Å². The van der Waals surface area contributed by atoms with Gasteiger partial charge in [-0.25, -0.2) is 4.98 Å². The van der Waals surface area contributed by atoms with Gasteiger partial charge in [-0.1, -0.05) is 0 Å². The summed E-state index contributed by atoms with van der Waals surface area (Å²) in [4.78, 5) is 15.9. The topological polar surface area (TPSA) is 45.6 Å². The molecule has 1 unspecified atom stereocenters. The molecule has 1 aromatic rings. The number of amides is 1. The van der Waals surface area contributed by atoms with Crippen molar-refractivity contribution >= 4 is 17.4 Å². The summed E-state index contributed by atoms with van der Waals surface area (Å²) < 4.78 is 0. The van der Waals surface area contributed by atoms with Crippen molar-refractivity contribution in [2.75, 3.05) is 5.01 Å². The van der Waals surface area contributed by atoms with Crippen molar-refractivity contribution in [1.82, 2.24) is 4.98 Å². The second-order valence-corrected chi connectivity index (χ2v) is 3.80. The Bertz CT molecular complexity index is 439. The second-order valence-electron chi connectivity index (χ2n) is 3.80. The molecule has 1 amide bonds. The fourth-order valence-corrected chi connectivity index (χ4v) is 1.46. The Morgan fingerprint density at radius 2 is 2.13 bits per heavy atom. The van der Waals surface area contributed by atoms with E-state index in [1.165, 1.54) is 5.01 Å². The van der Waals surface area contributed by atoms with Gasteiger partial charge in [0.25, 0.3) is 5.91 Å². The minimum absolute atomic E-state index is 0.00870. The molecule has 0 saturated carbocycles. The van der Waals surface area contributed by atoms with Crippen LogP contribution in [0, 0.1) is 12.8 Å². The van der Waals surface area contributed by atoms with Gasteiger partial charge < -0.3 is 0 Å². The smallest absolute Gasteiger partial charge is 0.257 e. The van der Waals surface area contributed by atoms with E-state index in [0.29, 0.717) is 5.82 Å². The lowest BCUT2D eigenvalue weighted by atomic mass is 10.1. The van der Waals surface area contributed by atoms with Crippen molar-refractivity contribution in [3.05, 3.63) is 23.9 Å². The highest BCUT2D eigenvalue weighted by atomic mass is 16.2. The summed E-state index contributed by atoms with van der Waals surface area (Å²) in [6.45, 7) is 5.68. The summed E-state index contributed by atoms with van der Waals surface area (Å²) >= 11 is 0. The summed E-state index contributed by atoms with van der Waals surface area (Å²) in [5.74, 6) is 0.460. The highest BCUT2D eigenvalue weighted by Gasteiger charge is 2.31. The summed E-state index contributed by atoms with van der Waals surface area (Å²) in [7, 11) is 0. The molecule has 1 aliphatic heterocycles. The molecule has 0 radical (unpaired) electrons. The normalized spacial score (nSPS) is 20.7. The molecule has 4 nitrogen and oxygen atoms in total. The van der Waals surface area contributed by atoms with Crippen molar-refractivity contribution in [3.63, 3.8) is 0 Å². The molecule has 1 aromatic heterocycles. The molecule has 0 spiro atoms. The number of aryl methyl sites for hydroxylation is 1. The van der Waals surface area contributed by atoms with E-state index in [4.69, 9.17) is 0 Å². The number of hydrogen-bond donors (Lipinski definition) is 0. The van der Waals surface area contributed by atoms with E-state index < -0.39 is 0 Å². The molecule has 0 fully saturated rings. The Hall–Kier alpha value is -1.71. The summed E-state index contributed by atoms with van der Waals surface area (Å²) in [6.07, 6.45) is 1.69. The molecular formula is C11H13N3O. The lowest BCUT2D eigenvalue weighted by Crippen LogP contribution is -2.25. The zero-order valence-corrected chi connectivity index (χ0v) is 9.06. The maximum atomic E-state index is 11.8. The van der Waals surface area contributed by atoms with Crippen LogP contribution in [0.2, 0.25) is 0 Å². The van der Waals surface area contributed by atoms with Crippen LogP contribution in [0.25, 0.3) is 0 Å². The molecule has 0 aliphatic carbocycles. The van der Waals surface area contributed by atoms with Crippen molar-refractivity contribution in [2.45, 2.75) is 20.8 Å². The van der Waals surface area contributed by atoms with Gasteiger partial charge in [0, 0.05) is 11.9 Å². The Balaban J connectivity index is 2.37. The van der Waals surface area contributed by atoms with Crippen molar-refractivity contribution in [1.29, 1.82) is 0 Å². The lowest BCUT2D eigenvalue weighted by Gasteiger charge is -2.11. The Morgan fingerprint density at radius 1 is 1.40 bits per heavy atom. The first-order chi connectivity index (χ1) is 7.09. The largest absolute Gasteiger partial charge is 0.272 e. The van der Waals surface area contributed by atoms with Gasteiger partial charge in [-0.2, -0.15) is 10.1 Å². The molecular weight excluding hydrogens is 190 g/mol. The maximum Gasteiger partial charge on any atom is 0.257 e. The lowest BCUT2D eigenvalue weighted by molar-refractivity contribution is -0.119. The average molecular weight is 203 g/mol. The average Bonchev–Trinajstić information content (AvgIpc) is 2.46. The Labute approximate surface area is 88.6 Å². The van der Waals surface area contributed by atoms with Crippen LogP contribution in [0.5, 0.6) is 0 Å². The third-order valence-corrected chi connectivity index (χ3v) is 2.58. The number of carbonyl (C=O) groups excluding carboxylic acids is 1. The number of carbonyl (C=O) groups is 1. The van der Waals surface area contributed by atoms with Gasteiger partial charge in [0.2, 0.25) is 0 Å². The molecule has 0 bridgehead atoms. The monoisotopic (exact) mass is 203 g/mol. The standard InChI is InChI=1S/C11H13N3O/c1-7-4-5-12-10(6-7)14-11(15)8(2)9(3)13-14/h4-6,8H,1-3H3. The number of pyridine rings is 1. The van der Waals surface area contributed by atoms with Crippen LogP contribution >= 0.6 is 0 Å². The molecule has 0 saturated heterocycles. The van der Waals surface area contributed by atoms with E-state index in [1.807, 2.05) is 32.9 Å². The predicted molar refractivity (Wildman–Crippen MR) is 58.7 cm³/mol. The Morgan fingerprint density at radius 3 is 2.67 bits per heavy atom. The molecule has 1 atom stereocenters. The number of hydrazone groups is 1. The fourth-order valence-electron chi connectivity index (χ4n) is 1.46. The first kappa shape index (κ1) is 9.83. The third-order valence-electron chi connectivity index (χ3n) is 2.58. The van der Waals surface area contributed by atoms with Crippen LogP contribution < -0.4 is 5.01 Å². The maximum absolute atomic E-state index is 11.8. The van der Waals surface area contributed by atoms with Gasteiger partial charge in [-0.15, -0.1) is 0 Å². The molecule has 78 valence electrons.